The summed E-state index contributed by atoms with van der Waals surface area (Å²) < 4.78 is 1.77. The van der Waals surface area contributed by atoms with E-state index >= 15 is 0 Å². The maximum Gasteiger partial charge on any atom is 0.107 e. The van der Waals surface area contributed by atoms with Gasteiger partial charge in [0.25, 0.3) is 0 Å². The minimum Gasteiger partial charge on any atom is -0.309 e. The monoisotopic (exact) mass is 391 g/mol. The minimum absolute atomic E-state index is 0.266. The van der Waals surface area contributed by atoms with Crippen LogP contribution in [0.25, 0.3) is 0 Å². The summed E-state index contributed by atoms with van der Waals surface area (Å²) in [7, 11) is 0. The Hall–Kier alpha value is -0.0600. The predicted molar refractivity (Wildman–Crippen MR) is 93.2 cm³/mol. The van der Waals surface area contributed by atoms with Crippen LogP contribution in [0.15, 0.2) is 34.8 Å². The Morgan fingerprint density at radius 2 is 2.10 bits per heavy atom. The summed E-state index contributed by atoms with van der Waals surface area (Å²) in [5, 5.41) is 4.36. The van der Waals surface area contributed by atoms with E-state index in [2.05, 4.69) is 40.3 Å². The van der Waals surface area contributed by atoms with Gasteiger partial charge < -0.3 is 5.32 Å². The van der Waals surface area contributed by atoms with Crippen molar-refractivity contribution in [1.82, 2.24) is 5.32 Å². The third kappa shape index (κ3) is 4.47. The molecule has 20 heavy (non-hydrogen) atoms. The number of hydrogen-bond acceptors (Lipinski definition) is 2. The van der Waals surface area contributed by atoms with Gasteiger partial charge in [0.1, 0.15) is 4.34 Å². The molecule has 1 N–H and O–H groups in total. The maximum absolute atomic E-state index is 6.16. The van der Waals surface area contributed by atoms with Crippen LogP contribution in [0.4, 0.5) is 0 Å². The zero-order chi connectivity index (χ0) is 14.5. The van der Waals surface area contributed by atoms with Crippen LogP contribution in [0.2, 0.25) is 9.36 Å². The van der Waals surface area contributed by atoms with Crippen LogP contribution in [-0.2, 0) is 6.42 Å². The third-order valence-electron chi connectivity index (χ3n) is 2.98. The standard InChI is InChI=1S/C15H16BrCl2NS/c1-2-6-19-13(14-9-12(16)15(18)20-14)8-10-4-3-5-11(17)7-10/h3-5,7,9,13,19H,2,6,8H2,1H3. The van der Waals surface area contributed by atoms with E-state index in [1.807, 2.05) is 18.2 Å². The number of halogens is 3. The molecular weight excluding hydrogens is 377 g/mol. The molecular formula is C15H16BrCl2NS. The highest BCUT2D eigenvalue weighted by molar-refractivity contribution is 9.10. The lowest BCUT2D eigenvalue weighted by atomic mass is 10.0. The molecule has 5 heteroatoms. The molecule has 1 aromatic carbocycles. The number of nitrogens with one attached hydrogen (secondary N) is 1. The third-order valence-corrected chi connectivity index (χ3v) is 5.80. The lowest BCUT2D eigenvalue weighted by molar-refractivity contribution is 0.536. The summed E-state index contributed by atoms with van der Waals surface area (Å²) in [5.74, 6) is 0. The molecule has 1 heterocycles. The van der Waals surface area contributed by atoms with Crippen molar-refractivity contribution < 1.29 is 0 Å². The fourth-order valence-electron chi connectivity index (χ4n) is 2.03. The van der Waals surface area contributed by atoms with Crippen LogP contribution in [0.1, 0.15) is 29.8 Å². The molecule has 0 spiro atoms. The number of hydrogen-bond donors (Lipinski definition) is 1. The summed E-state index contributed by atoms with van der Waals surface area (Å²) in [5.41, 5.74) is 1.23. The highest BCUT2D eigenvalue weighted by Gasteiger charge is 2.16. The first-order valence-corrected chi connectivity index (χ1v) is 8.89. The van der Waals surface area contributed by atoms with Crippen molar-refractivity contribution in [3.8, 4) is 0 Å². The molecule has 0 amide bonds. The van der Waals surface area contributed by atoms with E-state index in [9.17, 15) is 0 Å². The van der Waals surface area contributed by atoms with Gasteiger partial charge in [0.2, 0.25) is 0 Å². The first kappa shape index (κ1) is 16.3. The lowest BCUT2D eigenvalue weighted by Gasteiger charge is -2.17. The van der Waals surface area contributed by atoms with Crippen molar-refractivity contribution in [3.05, 3.63) is 54.6 Å². The van der Waals surface area contributed by atoms with Crippen molar-refractivity contribution in [2.45, 2.75) is 25.8 Å². The molecule has 1 aromatic heterocycles. The van der Waals surface area contributed by atoms with E-state index in [0.29, 0.717) is 0 Å². The molecule has 1 unspecified atom stereocenters. The smallest absolute Gasteiger partial charge is 0.107 e. The summed E-state index contributed by atoms with van der Waals surface area (Å²) in [6.45, 7) is 3.15. The second-order valence-electron chi connectivity index (χ2n) is 4.61. The van der Waals surface area contributed by atoms with Crippen molar-refractivity contribution >= 4 is 50.5 Å². The van der Waals surface area contributed by atoms with Gasteiger partial charge in [-0.1, -0.05) is 42.3 Å². The maximum atomic E-state index is 6.16. The Morgan fingerprint density at radius 1 is 1.30 bits per heavy atom. The Balaban J connectivity index is 2.19. The topological polar surface area (TPSA) is 12.0 Å². The van der Waals surface area contributed by atoms with Crippen molar-refractivity contribution in [1.29, 1.82) is 0 Å². The van der Waals surface area contributed by atoms with Crippen LogP contribution in [0.5, 0.6) is 0 Å². The van der Waals surface area contributed by atoms with Crippen molar-refractivity contribution in [2.75, 3.05) is 6.54 Å². The summed E-state index contributed by atoms with van der Waals surface area (Å²) in [6, 6.07) is 10.4. The highest BCUT2D eigenvalue weighted by atomic mass is 79.9. The van der Waals surface area contributed by atoms with Gasteiger partial charge in [0.15, 0.2) is 0 Å². The normalized spacial score (nSPS) is 12.6. The molecule has 0 aliphatic heterocycles. The van der Waals surface area contributed by atoms with Gasteiger partial charge in [-0.05, 0) is 59.1 Å². The summed E-state index contributed by atoms with van der Waals surface area (Å²) in [6.07, 6.45) is 2.01. The van der Waals surface area contributed by atoms with Crippen LogP contribution >= 0.6 is 50.5 Å². The molecule has 108 valence electrons. The lowest BCUT2D eigenvalue weighted by Crippen LogP contribution is -2.23. The second kappa shape index (κ2) is 7.81. The quantitative estimate of drug-likeness (QED) is 0.625. The van der Waals surface area contributed by atoms with Gasteiger partial charge in [-0.15, -0.1) is 11.3 Å². The van der Waals surface area contributed by atoms with Gasteiger partial charge >= 0.3 is 0 Å². The fraction of sp³-hybridized carbons (Fsp3) is 0.333. The van der Waals surface area contributed by atoms with Gasteiger partial charge in [-0.25, -0.2) is 0 Å². The van der Waals surface area contributed by atoms with Crippen molar-refractivity contribution in [2.24, 2.45) is 0 Å². The summed E-state index contributed by atoms with van der Waals surface area (Å²) in [4.78, 5) is 1.25. The molecule has 0 radical (unpaired) electrons. The van der Waals surface area contributed by atoms with Gasteiger partial charge in [-0.3, -0.25) is 0 Å². The van der Waals surface area contributed by atoms with E-state index in [1.165, 1.54) is 10.4 Å². The van der Waals surface area contributed by atoms with Gasteiger partial charge in [0, 0.05) is 20.4 Å². The molecule has 2 aromatic rings. The molecule has 0 aliphatic rings. The average molecular weight is 393 g/mol. The highest BCUT2D eigenvalue weighted by Crippen LogP contribution is 2.36. The van der Waals surface area contributed by atoms with E-state index in [4.69, 9.17) is 23.2 Å². The van der Waals surface area contributed by atoms with Crippen LogP contribution < -0.4 is 5.32 Å². The van der Waals surface area contributed by atoms with Gasteiger partial charge in [0.05, 0.1) is 0 Å². The minimum atomic E-state index is 0.266. The van der Waals surface area contributed by atoms with Crippen molar-refractivity contribution in [3.63, 3.8) is 0 Å². The average Bonchev–Trinajstić information content (AvgIpc) is 2.74. The van der Waals surface area contributed by atoms with Crippen LogP contribution in [-0.4, -0.2) is 6.54 Å². The molecule has 0 fully saturated rings. The fourth-order valence-corrected chi connectivity index (χ4v) is 4.05. The Labute approximate surface area is 142 Å². The zero-order valence-electron chi connectivity index (χ0n) is 11.1. The Bertz CT molecular complexity index is 551. The molecule has 2 rings (SSSR count). The molecule has 1 atom stereocenters. The molecule has 0 saturated heterocycles. The molecule has 0 saturated carbocycles. The predicted octanol–water partition coefficient (Wildman–Crippen LogP) is 6.10. The molecule has 1 nitrogen and oxygen atoms in total. The first-order valence-electron chi connectivity index (χ1n) is 6.52. The summed E-state index contributed by atoms with van der Waals surface area (Å²) >= 11 is 17.3. The molecule has 0 aliphatic carbocycles. The zero-order valence-corrected chi connectivity index (χ0v) is 15.0. The number of benzene rings is 1. The largest absolute Gasteiger partial charge is 0.309 e. The van der Waals surface area contributed by atoms with Gasteiger partial charge in [-0.2, -0.15) is 0 Å². The van der Waals surface area contributed by atoms with E-state index in [1.54, 1.807) is 11.3 Å². The Morgan fingerprint density at radius 3 is 2.70 bits per heavy atom. The molecule has 0 bridgehead atoms. The second-order valence-corrected chi connectivity index (χ2v) is 7.59. The number of thiophene rings is 1. The van der Waals surface area contributed by atoms with E-state index < -0.39 is 0 Å². The van der Waals surface area contributed by atoms with E-state index in [0.717, 1.165) is 33.2 Å². The Kier molecular flexibility index (Phi) is 6.37. The SMILES string of the molecule is CCCNC(Cc1cccc(Cl)c1)c1cc(Br)c(Cl)s1. The first-order chi connectivity index (χ1) is 9.60. The van der Waals surface area contributed by atoms with E-state index in [-0.39, 0.29) is 6.04 Å². The number of rotatable bonds is 6. The van der Waals surface area contributed by atoms with Crippen LogP contribution in [0.3, 0.4) is 0 Å². The van der Waals surface area contributed by atoms with Crippen LogP contribution in [0, 0.1) is 0 Å².